The molecule has 10 heteroatoms. The molecule has 4 rings (SSSR count). The molecule has 186 valence electrons. The molecule has 1 aliphatic rings. The average molecular weight is 600 g/mol. The number of fused-ring (bicyclic) bond motifs is 2. The molecule has 0 atom stereocenters. The van der Waals surface area contributed by atoms with E-state index in [9.17, 15) is 0 Å². The quantitative estimate of drug-likeness (QED) is 0.351. The van der Waals surface area contributed by atoms with E-state index >= 15 is 0 Å². The topological polar surface area (TPSA) is 135 Å². The molecule has 34 heavy (non-hydrogen) atoms. The lowest BCUT2D eigenvalue weighted by molar-refractivity contribution is -0.135. The smallest absolute Gasteiger partial charge is 0.300 e. The largest absolute Gasteiger partial charge is 0.481 e. The van der Waals surface area contributed by atoms with Gasteiger partial charge >= 0.3 is 0 Å². The molecule has 3 aromatic rings. The maximum atomic E-state index is 9.00. The summed E-state index contributed by atoms with van der Waals surface area (Å²) in [5, 5.41) is 16.1. The van der Waals surface area contributed by atoms with Gasteiger partial charge in [0.25, 0.3) is 11.9 Å². The van der Waals surface area contributed by atoms with E-state index in [4.69, 9.17) is 31.3 Å². The number of rotatable bonds is 4. The van der Waals surface area contributed by atoms with Crippen molar-refractivity contribution in [2.45, 2.75) is 26.8 Å². The van der Waals surface area contributed by atoms with Gasteiger partial charge in [-0.2, -0.15) is 0 Å². The lowest BCUT2D eigenvalue weighted by atomic mass is 10.2. The minimum absolute atomic E-state index is 0.680. The Morgan fingerprint density at radius 2 is 1.47 bits per heavy atom. The molecule has 0 spiro atoms. The Morgan fingerprint density at radius 3 is 2.06 bits per heavy atom. The van der Waals surface area contributed by atoms with Crippen LogP contribution in [0.3, 0.4) is 0 Å². The van der Waals surface area contributed by atoms with Crippen LogP contribution in [0.5, 0.6) is 0 Å². The number of halogens is 2. The maximum Gasteiger partial charge on any atom is 0.300 e. The second-order valence-corrected chi connectivity index (χ2v) is 9.17. The number of carboxylic acids is 2. The van der Waals surface area contributed by atoms with E-state index in [1.807, 2.05) is 0 Å². The van der Waals surface area contributed by atoms with E-state index in [2.05, 4.69) is 90.0 Å². The third-order valence-electron chi connectivity index (χ3n) is 4.54. The average Bonchev–Trinajstić information content (AvgIpc) is 3.32. The number of nitrogens with two attached hydrogens (primary N) is 2. The first kappa shape index (κ1) is 29.6. The lowest BCUT2D eigenvalue weighted by Crippen LogP contribution is -2.27. The van der Waals surface area contributed by atoms with Crippen molar-refractivity contribution in [3.8, 4) is 0 Å². The van der Waals surface area contributed by atoms with E-state index in [1.54, 1.807) is 0 Å². The van der Waals surface area contributed by atoms with Crippen molar-refractivity contribution in [3.63, 3.8) is 0 Å². The summed E-state index contributed by atoms with van der Waals surface area (Å²) in [7, 11) is 0. The van der Waals surface area contributed by atoms with Crippen LogP contribution in [0, 0.1) is 0 Å². The first-order chi connectivity index (χ1) is 16.1. The summed E-state index contributed by atoms with van der Waals surface area (Å²) in [6.45, 7) is 6.54. The number of hydrogen-bond acceptors (Lipinski definition) is 5. The zero-order valence-electron chi connectivity index (χ0n) is 19.4. The summed E-state index contributed by atoms with van der Waals surface area (Å²) >= 11 is 6.93. The molecule has 6 N–H and O–H groups in total. The molecule has 2 aromatic carbocycles. The predicted octanol–water partition coefficient (Wildman–Crippen LogP) is 4.31. The van der Waals surface area contributed by atoms with Gasteiger partial charge in [0.05, 0.1) is 0 Å². The molecule has 2 heterocycles. The van der Waals surface area contributed by atoms with Crippen LogP contribution in [0.2, 0.25) is 0 Å². The monoisotopic (exact) mass is 598 g/mol. The van der Waals surface area contributed by atoms with Crippen molar-refractivity contribution in [1.29, 1.82) is 0 Å². The van der Waals surface area contributed by atoms with Crippen molar-refractivity contribution < 1.29 is 19.8 Å². The molecule has 0 bridgehead atoms. The third kappa shape index (κ3) is 10.7. The summed E-state index contributed by atoms with van der Waals surface area (Å²) in [4.78, 5) is 20.3. The first-order valence-corrected chi connectivity index (χ1v) is 12.2. The zero-order valence-corrected chi connectivity index (χ0v) is 22.5. The van der Waals surface area contributed by atoms with Gasteiger partial charge in [0.1, 0.15) is 0 Å². The van der Waals surface area contributed by atoms with Crippen molar-refractivity contribution in [3.05, 3.63) is 63.2 Å². The van der Waals surface area contributed by atoms with Crippen LogP contribution in [0.4, 0.5) is 5.69 Å². The van der Waals surface area contributed by atoms with Gasteiger partial charge in [-0.15, -0.1) is 0 Å². The third-order valence-corrected chi connectivity index (χ3v) is 5.52. The highest BCUT2D eigenvalue weighted by Gasteiger charge is 2.17. The van der Waals surface area contributed by atoms with Crippen LogP contribution in [-0.2, 0) is 22.6 Å². The van der Waals surface area contributed by atoms with Gasteiger partial charge in [-0.05, 0) is 54.4 Å². The fraction of sp³-hybridized carbons (Fsp3) is 0.333. The molecule has 1 aliphatic heterocycles. The SMILES string of the molecule is CC(=O)O.CC(=O)O.NCCN1CCc2cc(Br)ccc21.NCCn1ccc2cc(Br)ccc21. The number of aliphatic carboxylic acids is 2. The minimum Gasteiger partial charge on any atom is -0.481 e. The van der Waals surface area contributed by atoms with Gasteiger partial charge in [-0.25, -0.2) is 0 Å². The number of carbonyl (C=O) groups is 2. The van der Waals surface area contributed by atoms with E-state index < -0.39 is 11.9 Å². The number of aromatic nitrogens is 1. The van der Waals surface area contributed by atoms with Gasteiger partial charge in [0.2, 0.25) is 0 Å². The van der Waals surface area contributed by atoms with Gasteiger partial charge in [0, 0.05) is 78.3 Å². The molecular formula is C24H32Br2N4O4. The Hall–Kier alpha value is -2.40. The number of hydrogen-bond donors (Lipinski definition) is 4. The van der Waals surface area contributed by atoms with Crippen LogP contribution in [0.25, 0.3) is 10.9 Å². The number of nitrogens with zero attached hydrogens (tertiary/aromatic N) is 2. The molecule has 1 aromatic heterocycles. The van der Waals surface area contributed by atoms with E-state index in [1.165, 1.54) is 26.6 Å². The molecule has 0 amide bonds. The zero-order chi connectivity index (χ0) is 25.7. The first-order valence-electron chi connectivity index (χ1n) is 10.7. The van der Waals surface area contributed by atoms with Gasteiger partial charge < -0.3 is 31.1 Å². The Labute approximate surface area is 216 Å². The second kappa shape index (κ2) is 15.5. The van der Waals surface area contributed by atoms with Crippen molar-refractivity contribution in [2.24, 2.45) is 11.5 Å². The van der Waals surface area contributed by atoms with E-state index in [0.29, 0.717) is 6.54 Å². The summed E-state index contributed by atoms with van der Waals surface area (Å²) < 4.78 is 4.45. The lowest BCUT2D eigenvalue weighted by Gasteiger charge is -2.17. The Kier molecular flexibility index (Phi) is 13.5. The summed E-state index contributed by atoms with van der Waals surface area (Å²) in [6.07, 6.45) is 3.22. The fourth-order valence-corrected chi connectivity index (χ4v) is 4.12. The Bertz CT molecular complexity index is 1050. The Morgan fingerprint density at radius 1 is 0.912 bits per heavy atom. The van der Waals surface area contributed by atoms with Crippen molar-refractivity contribution in [1.82, 2.24) is 4.57 Å². The summed E-state index contributed by atoms with van der Waals surface area (Å²) in [6, 6.07) is 14.8. The highest BCUT2D eigenvalue weighted by Crippen LogP contribution is 2.29. The standard InChI is InChI=1S/C10H13BrN2.C10H11BrN2.2C2H4O2/c2*11-9-1-2-10-8(7-9)3-5-13(10)6-4-12;2*1-2(3)4/h1-2,7H,3-6,12H2;1-3,5,7H,4,6,12H2;2*1H3,(H,3,4). The fourth-order valence-electron chi connectivity index (χ4n) is 3.33. The van der Waals surface area contributed by atoms with E-state index in [0.717, 1.165) is 50.9 Å². The van der Waals surface area contributed by atoms with Crippen molar-refractivity contribution >= 4 is 60.4 Å². The minimum atomic E-state index is -0.833. The normalized spacial score (nSPS) is 11.3. The Balaban J connectivity index is 0.000000261. The van der Waals surface area contributed by atoms with Gasteiger partial charge in [-0.1, -0.05) is 31.9 Å². The molecule has 0 saturated heterocycles. The van der Waals surface area contributed by atoms with Crippen molar-refractivity contribution in [2.75, 3.05) is 31.1 Å². The van der Waals surface area contributed by atoms with Crippen LogP contribution in [-0.4, -0.2) is 52.9 Å². The number of benzene rings is 2. The maximum absolute atomic E-state index is 9.00. The van der Waals surface area contributed by atoms with Crippen LogP contribution < -0.4 is 16.4 Å². The molecule has 0 aliphatic carbocycles. The number of anilines is 1. The van der Waals surface area contributed by atoms with Crippen LogP contribution in [0.1, 0.15) is 19.4 Å². The number of carboxylic acid groups (broad SMARTS) is 2. The molecule has 0 radical (unpaired) electrons. The molecule has 0 saturated carbocycles. The molecular weight excluding hydrogens is 568 g/mol. The van der Waals surface area contributed by atoms with Gasteiger partial charge in [-0.3, -0.25) is 9.59 Å². The highest BCUT2D eigenvalue weighted by molar-refractivity contribution is 9.10. The van der Waals surface area contributed by atoms with Gasteiger partial charge in [0.15, 0.2) is 0 Å². The summed E-state index contributed by atoms with van der Waals surface area (Å²) in [5.74, 6) is -1.67. The second-order valence-electron chi connectivity index (χ2n) is 7.34. The molecule has 8 nitrogen and oxygen atoms in total. The molecule has 0 unspecified atom stereocenters. The summed E-state index contributed by atoms with van der Waals surface area (Å²) in [5.41, 5.74) is 15.1. The van der Waals surface area contributed by atoms with Crippen LogP contribution in [0.15, 0.2) is 57.6 Å². The molecule has 0 fully saturated rings. The van der Waals surface area contributed by atoms with Crippen LogP contribution >= 0.6 is 31.9 Å². The highest BCUT2D eigenvalue weighted by atomic mass is 79.9. The predicted molar refractivity (Wildman–Crippen MR) is 144 cm³/mol. The van der Waals surface area contributed by atoms with E-state index in [-0.39, 0.29) is 0 Å².